The summed E-state index contributed by atoms with van der Waals surface area (Å²) in [4.78, 5) is 12.7. The largest absolute Gasteiger partial charge is 0.495 e. The van der Waals surface area contributed by atoms with Gasteiger partial charge in [-0.3, -0.25) is 4.79 Å². The average molecular weight is 391 g/mol. The molecule has 2 N–H and O–H groups in total. The molecular weight excluding hydrogens is 364 g/mol. The highest BCUT2D eigenvalue weighted by Crippen LogP contribution is 2.27. The zero-order valence-electron chi connectivity index (χ0n) is 16.5. The molecule has 0 spiro atoms. The van der Waals surface area contributed by atoms with E-state index in [1.807, 2.05) is 32.9 Å². The van der Waals surface area contributed by atoms with Crippen LogP contribution in [0.25, 0.3) is 0 Å². The average Bonchev–Trinajstić information content (AvgIpc) is 2.56. The fourth-order valence-electron chi connectivity index (χ4n) is 2.96. The van der Waals surface area contributed by atoms with Gasteiger partial charge in [-0.05, 0) is 63.9 Å². The summed E-state index contributed by atoms with van der Waals surface area (Å²) in [5.74, 6) is -0.198. The van der Waals surface area contributed by atoms with E-state index < -0.39 is 10.0 Å². The Hall–Kier alpha value is -2.38. The molecule has 2 rings (SSSR count). The molecule has 0 unspecified atom stereocenters. The zero-order valence-corrected chi connectivity index (χ0v) is 17.3. The fraction of sp³-hybridized carbons (Fsp3) is 0.350. The van der Waals surface area contributed by atoms with Gasteiger partial charge in [0.2, 0.25) is 10.0 Å². The first kappa shape index (κ1) is 20.9. The van der Waals surface area contributed by atoms with Crippen LogP contribution in [0.1, 0.15) is 40.9 Å². The minimum Gasteiger partial charge on any atom is -0.495 e. The second-order valence-corrected chi connectivity index (χ2v) is 8.55. The minimum absolute atomic E-state index is 0.0660. The molecule has 0 aromatic heterocycles. The third-order valence-corrected chi connectivity index (χ3v) is 5.70. The van der Waals surface area contributed by atoms with Crippen LogP contribution in [0.2, 0.25) is 0 Å². The van der Waals surface area contributed by atoms with Gasteiger partial charge in [0.15, 0.2) is 0 Å². The molecular formula is C20H26N2O4S. The van der Waals surface area contributed by atoms with Crippen molar-refractivity contribution in [1.29, 1.82) is 0 Å². The van der Waals surface area contributed by atoms with E-state index >= 15 is 0 Å². The van der Waals surface area contributed by atoms with E-state index in [9.17, 15) is 13.2 Å². The van der Waals surface area contributed by atoms with Crippen molar-refractivity contribution in [2.75, 3.05) is 12.4 Å². The number of carbonyl (C=O) groups is 1. The van der Waals surface area contributed by atoms with Crippen LogP contribution in [0, 0.1) is 20.8 Å². The summed E-state index contributed by atoms with van der Waals surface area (Å²) in [6.45, 7) is 9.29. The van der Waals surface area contributed by atoms with E-state index in [4.69, 9.17) is 4.74 Å². The molecule has 0 atom stereocenters. The van der Waals surface area contributed by atoms with Crippen molar-refractivity contribution in [3.63, 3.8) is 0 Å². The molecule has 0 radical (unpaired) electrons. The van der Waals surface area contributed by atoms with Crippen molar-refractivity contribution in [3.05, 3.63) is 52.6 Å². The van der Waals surface area contributed by atoms with Gasteiger partial charge in [-0.1, -0.05) is 17.7 Å². The lowest BCUT2D eigenvalue weighted by molar-refractivity contribution is 0.102. The van der Waals surface area contributed by atoms with Crippen LogP contribution < -0.4 is 14.8 Å². The lowest BCUT2D eigenvalue weighted by atomic mass is 10.0. The van der Waals surface area contributed by atoms with E-state index in [1.165, 1.54) is 19.2 Å². The maximum atomic E-state index is 12.7. The summed E-state index contributed by atoms with van der Waals surface area (Å²) in [6.07, 6.45) is 0. The van der Waals surface area contributed by atoms with E-state index in [2.05, 4.69) is 10.0 Å². The standard InChI is InChI=1S/C20H26N2O4S/c1-12(2)22-27(24,25)18-11-16(7-8-17(18)26-6)20(23)21-19-14(4)9-13(3)10-15(19)5/h7-12,22H,1-6H3,(H,21,23). The number of anilines is 1. The van der Waals surface area contributed by atoms with Crippen LogP contribution in [0.3, 0.4) is 0 Å². The van der Waals surface area contributed by atoms with E-state index in [0.29, 0.717) is 0 Å². The lowest BCUT2D eigenvalue weighted by Gasteiger charge is -2.15. The molecule has 0 bridgehead atoms. The van der Waals surface area contributed by atoms with Gasteiger partial charge in [-0.15, -0.1) is 0 Å². The Morgan fingerprint density at radius 2 is 1.63 bits per heavy atom. The molecule has 0 aliphatic heterocycles. The number of ether oxygens (including phenoxy) is 1. The first-order valence-corrected chi connectivity index (χ1v) is 10.1. The third-order valence-electron chi connectivity index (χ3n) is 4.02. The summed E-state index contributed by atoms with van der Waals surface area (Å²) >= 11 is 0. The Labute approximate surface area is 161 Å². The van der Waals surface area contributed by atoms with Crippen molar-refractivity contribution >= 4 is 21.6 Å². The van der Waals surface area contributed by atoms with Crippen molar-refractivity contribution in [3.8, 4) is 5.75 Å². The third kappa shape index (κ3) is 4.87. The summed E-state index contributed by atoms with van der Waals surface area (Å²) in [5.41, 5.74) is 3.97. The fourth-order valence-corrected chi connectivity index (χ4v) is 4.41. The highest BCUT2D eigenvalue weighted by Gasteiger charge is 2.23. The van der Waals surface area contributed by atoms with Crippen LogP contribution in [0.15, 0.2) is 35.2 Å². The monoisotopic (exact) mass is 390 g/mol. The Kier molecular flexibility index (Phi) is 6.28. The van der Waals surface area contributed by atoms with Crippen LogP contribution >= 0.6 is 0 Å². The number of rotatable bonds is 6. The van der Waals surface area contributed by atoms with E-state index in [1.54, 1.807) is 19.9 Å². The van der Waals surface area contributed by atoms with Gasteiger partial charge in [0.05, 0.1) is 7.11 Å². The highest BCUT2D eigenvalue weighted by atomic mass is 32.2. The van der Waals surface area contributed by atoms with Crippen LogP contribution in [-0.2, 0) is 10.0 Å². The van der Waals surface area contributed by atoms with Gasteiger partial charge >= 0.3 is 0 Å². The predicted molar refractivity (Wildman–Crippen MR) is 107 cm³/mol. The summed E-state index contributed by atoms with van der Waals surface area (Å²) < 4.78 is 32.8. The van der Waals surface area contributed by atoms with Crippen molar-refractivity contribution in [1.82, 2.24) is 4.72 Å². The maximum absolute atomic E-state index is 12.7. The normalized spacial score (nSPS) is 11.5. The molecule has 7 heteroatoms. The van der Waals surface area contributed by atoms with Crippen molar-refractivity contribution in [2.45, 2.75) is 45.6 Å². The van der Waals surface area contributed by atoms with Crippen molar-refractivity contribution in [2.24, 2.45) is 0 Å². The second kappa shape index (κ2) is 8.10. The number of hydrogen-bond acceptors (Lipinski definition) is 4. The van der Waals surface area contributed by atoms with Crippen LogP contribution in [0.4, 0.5) is 5.69 Å². The topological polar surface area (TPSA) is 84.5 Å². The number of carbonyl (C=O) groups excluding carboxylic acids is 1. The second-order valence-electron chi connectivity index (χ2n) is 6.87. The Morgan fingerprint density at radius 1 is 1.04 bits per heavy atom. The maximum Gasteiger partial charge on any atom is 0.255 e. The predicted octanol–water partition coefficient (Wildman–Crippen LogP) is 3.56. The molecule has 2 aromatic carbocycles. The Balaban J connectivity index is 2.42. The highest BCUT2D eigenvalue weighted by molar-refractivity contribution is 7.89. The lowest BCUT2D eigenvalue weighted by Crippen LogP contribution is -2.30. The SMILES string of the molecule is COc1ccc(C(=O)Nc2c(C)cc(C)cc2C)cc1S(=O)(=O)NC(C)C. The molecule has 27 heavy (non-hydrogen) atoms. The molecule has 0 fully saturated rings. The number of hydrogen-bond donors (Lipinski definition) is 2. The Bertz CT molecular complexity index is 943. The molecule has 6 nitrogen and oxygen atoms in total. The number of sulfonamides is 1. The van der Waals surface area contributed by atoms with Gasteiger partial charge in [0.25, 0.3) is 5.91 Å². The zero-order chi connectivity index (χ0) is 20.4. The Morgan fingerprint density at radius 3 is 2.15 bits per heavy atom. The summed E-state index contributed by atoms with van der Waals surface area (Å²) in [7, 11) is -2.42. The quantitative estimate of drug-likeness (QED) is 0.790. The van der Waals surface area contributed by atoms with Gasteiger partial charge in [-0.25, -0.2) is 13.1 Å². The first-order chi connectivity index (χ1) is 12.5. The molecule has 0 aliphatic carbocycles. The van der Waals surface area contributed by atoms with Gasteiger partial charge < -0.3 is 10.1 Å². The molecule has 0 saturated carbocycles. The summed E-state index contributed by atoms with van der Waals surface area (Å²) in [5, 5.41) is 2.88. The van der Waals surface area contributed by atoms with Gasteiger partial charge in [-0.2, -0.15) is 0 Å². The molecule has 0 aliphatic rings. The van der Waals surface area contributed by atoms with Gasteiger partial charge in [0.1, 0.15) is 10.6 Å². The molecule has 2 aromatic rings. The number of nitrogens with one attached hydrogen (secondary N) is 2. The molecule has 1 amide bonds. The first-order valence-electron chi connectivity index (χ1n) is 8.64. The number of benzene rings is 2. The molecule has 146 valence electrons. The smallest absolute Gasteiger partial charge is 0.255 e. The van der Waals surface area contributed by atoms with Crippen LogP contribution in [-0.4, -0.2) is 27.5 Å². The van der Waals surface area contributed by atoms with Crippen LogP contribution in [0.5, 0.6) is 5.75 Å². The molecule has 0 heterocycles. The molecule has 0 saturated heterocycles. The number of methoxy groups -OCH3 is 1. The number of aryl methyl sites for hydroxylation is 3. The minimum atomic E-state index is -3.81. The van der Waals surface area contributed by atoms with E-state index in [-0.39, 0.29) is 28.2 Å². The van der Waals surface area contributed by atoms with Gasteiger partial charge in [0, 0.05) is 17.3 Å². The summed E-state index contributed by atoms with van der Waals surface area (Å²) in [6, 6.07) is 8.05. The van der Waals surface area contributed by atoms with Crippen molar-refractivity contribution < 1.29 is 17.9 Å². The number of amides is 1. The van der Waals surface area contributed by atoms with E-state index in [0.717, 1.165) is 22.4 Å².